The molecule has 2 rings (SSSR count). The Morgan fingerprint density at radius 3 is 2.14 bits per heavy atom. The number of rotatable bonds is 3. The maximum Gasteiger partial charge on any atom is 0.335 e. The molecular formula is C15H10F2N2O2. The standard InChI is InChI=1S/C15H10F2N2O2/c1-19(11-4-2-9(8-18)3-5-11)14-12(16)6-10(15(20)21)7-13(14)17/h2-7H,1H3,(H,20,21). The molecular weight excluding hydrogens is 278 g/mol. The van der Waals surface area contributed by atoms with Crippen LogP contribution in [-0.2, 0) is 0 Å². The Bertz CT molecular complexity index is 713. The van der Waals surface area contributed by atoms with Crippen molar-refractivity contribution in [1.82, 2.24) is 0 Å². The van der Waals surface area contributed by atoms with Gasteiger partial charge < -0.3 is 10.0 Å². The van der Waals surface area contributed by atoms with Crippen molar-refractivity contribution in [3.05, 3.63) is 59.2 Å². The number of carboxylic acid groups (broad SMARTS) is 1. The van der Waals surface area contributed by atoms with Crippen molar-refractivity contribution in [2.75, 3.05) is 11.9 Å². The minimum absolute atomic E-state index is 0.357. The van der Waals surface area contributed by atoms with Gasteiger partial charge in [-0.15, -0.1) is 0 Å². The van der Waals surface area contributed by atoms with Gasteiger partial charge in [0.1, 0.15) is 5.69 Å². The second-order valence-corrected chi connectivity index (χ2v) is 4.31. The first-order valence-corrected chi connectivity index (χ1v) is 5.90. The summed E-state index contributed by atoms with van der Waals surface area (Å²) in [6.07, 6.45) is 0. The van der Waals surface area contributed by atoms with Gasteiger partial charge in [-0.1, -0.05) is 0 Å². The van der Waals surface area contributed by atoms with E-state index in [1.54, 1.807) is 12.1 Å². The first-order chi connectivity index (χ1) is 9.93. The highest BCUT2D eigenvalue weighted by molar-refractivity contribution is 5.88. The van der Waals surface area contributed by atoms with Crippen LogP contribution in [0.15, 0.2) is 36.4 Å². The normalized spacial score (nSPS) is 10.0. The molecule has 1 N–H and O–H groups in total. The third kappa shape index (κ3) is 2.82. The number of nitriles is 1. The molecule has 0 aromatic heterocycles. The summed E-state index contributed by atoms with van der Waals surface area (Å²) in [5.41, 5.74) is 0.0795. The lowest BCUT2D eigenvalue weighted by Gasteiger charge is -2.21. The molecule has 0 saturated carbocycles. The van der Waals surface area contributed by atoms with Crippen molar-refractivity contribution in [2.24, 2.45) is 0 Å². The molecule has 0 saturated heterocycles. The Kier molecular flexibility index (Phi) is 3.85. The van der Waals surface area contributed by atoms with Crippen LogP contribution in [0.2, 0.25) is 0 Å². The van der Waals surface area contributed by atoms with Crippen LogP contribution in [0.4, 0.5) is 20.2 Å². The monoisotopic (exact) mass is 288 g/mol. The lowest BCUT2D eigenvalue weighted by molar-refractivity contribution is 0.0696. The van der Waals surface area contributed by atoms with Crippen molar-refractivity contribution in [2.45, 2.75) is 0 Å². The second-order valence-electron chi connectivity index (χ2n) is 4.31. The molecule has 106 valence electrons. The van der Waals surface area contributed by atoms with E-state index in [-0.39, 0.29) is 5.69 Å². The van der Waals surface area contributed by atoms with E-state index in [0.29, 0.717) is 11.3 Å². The number of hydrogen-bond donors (Lipinski definition) is 1. The minimum Gasteiger partial charge on any atom is -0.478 e. The van der Waals surface area contributed by atoms with E-state index < -0.39 is 23.2 Å². The molecule has 0 aliphatic rings. The van der Waals surface area contributed by atoms with Crippen LogP contribution in [-0.4, -0.2) is 18.1 Å². The highest BCUT2D eigenvalue weighted by Gasteiger charge is 2.18. The summed E-state index contributed by atoms with van der Waals surface area (Å²) in [7, 11) is 1.45. The molecule has 0 unspecified atom stereocenters. The molecule has 0 atom stereocenters. The lowest BCUT2D eigenvalue weighted by atomic mass is 10.1. The van der Waals surface area contributed by atoms with Gasteiger partial charge in [-0.25, -0.2) is 13.6 Å². The molecule has 0 heterocycles. The number of aromatic carboxylic acids is 1. The second kappa shape index (κ2) is 5.59. The van der Waals surface area contributed by atoms with Crippen molar-refractivity contribution < 1.29 is 18.7 Å². The zero-order valence-corrected chi connectivity index (χ0v) is 11.0. The lowest BCUT2D eigenvalue weighted by Crippen LogP contribution is -2.14. The minimum atomic E-state index is -1.40. The zero-order valence-electron chi connectivity index (χ0n) is 11.0. The topological polar surface area (TPSA) is 64.3 Å². The number of anilines is 2. The Labute approximate surface area is 119 Å². The van der Waals surface area contributed by atoms with Gasteiger partial charge in [-0.2, -0.15) is 5.26 Å². The van der Waals surface area contributed by atoms with Gasteiger partial charge in [-0.05, 0) is 36.4 Å². The molecule has 2 aromatic rings. The van der Waals surface area contributed by atoms with Crippen LogP contribution in [0.1, 0.15) is 15.9 Å². The fourth-order valence-corrected chi connectivity index (χ4v) is 1.90. The predicted octanol–water partition coefficient (Wildman–Crippen LogP) is 3.30. The van der Waals surface area contributed by atoms with Gasteiger partial charge in [0, 0.05) is 12.7 Å². The highest BCUT2D eigenvalue weighted by atomic mass is 19.1. The van der Waals surface area contributed by atoms with Crippen molar-refractivity contribution in [1.29, 1.82) is 5.26 Å². The Morgan fingerprint density at radius 2 is 1.71 bits per heavy atom. The van der Waals surface area contributed by atoms with E-state index in [1.165, 1.54) is 24.1 Å². The van der Waals surface area contributed by atoms with Gasteiger partial charge in [0.05, 0.1) is 17.2 Å². The van der Waals surface area contributed by atoms with Gasteiger partial charge in [0.15, 0.2) is 11.6 Å². The molecule has 0 aliphatic carbocycles. The van der Waals surface area contributed by atoms with Crippen LogP contribution >= 0.6 is 0 Å². The summed E-state index contributed by atoms with van der Waals surface area (Å²) < 4.78 is 27.9. The number of halogens is 2. The van der Waals surface area contributed by atoms with E-state index >= 15 is 0 Å². The van der Waals surface area contributed by atoms with E-state index in [4.69, 9.17) is 10.4 Å². The molecule has 0 aliphatic heterocycles. The van der Waals surface area contributed by atoms with Crippen LogP contribution < -0.4 is 4.90 Å². The third-order valence-electron chi connectivity index (χ3n) is 2.98. The molecule has 0 amide bonds. The van der Waals surface area contributed by atoms with Crippen LogP contribution in [0.5, 0.6) is 0 Å². The van der Waals surface area contributed by atoms with Crippen molar-refractivity contribution >= 4 is 17.3 Å². The number of carbonyl (C=O) groups is 1. The fraction of sp³-hybridized carbons (Fsp3) is 0.0667. The average Bonchev–Trinajstić information content (AvgIpc) is 2.46. The number of hydrogen-bond acceptors (Lipinski definition) is 3. The quantitative estimate of drug-likeness (QED) is 0.941. The van der Waals surface area contributed by atoms with Crippen LogP contribution in [0, 0.1) is 23.0 Å². The third-order valence-corrected chi connectivity index (χ3v) is 2.98. The fourth-order valence-electron chi connectivity index (χ4n) is 1.90. The van der Waals surface area contributed by atoms with Crippen LogP contribution in [0.25, 0.3) is 0 Å². The number of nitrogens with zero attached hydrogens (tertiary/aromatic N) is 2. The van der Waals surface area contributed by atoms with E-state index in [2.05, 4.69) is 0 Å². The maximum atomic E-state index is 14.0. The van der Waals surface area contributed by atoms with Crippen molar-refractivity contribution in [3.8, 4) is 6.07 Å². The average molecular weight is 288 g/mol. The molecule has 0 bridgehead atoms. The van der Waals surface area contributed by atoms with E-state index in [0.717, 1.165) is 12.1 Å². The zero-order chi connectivity index (χ0) is 15.6. The molecule has 2 aromatic carbocycles. The van der Waals surface area contributed by atoms with Gasteiger partial charge in [-0.3, -0.25) is 0 Å². The first-order valence-electron chi connectivity index (χ1n) is 5.90. The molecule has 0 fully saturated rings. The Hall–Kier alpha value is -2.94. The summed E-state index contributed by atoms with van der Waals surface area (Å²) in [5, 5.41) is 17.5. The summed E-state index contributed by atoms with van der Waals surface area (Å²) in [6, 6.07) is 9.60. The smallest absolute Gasteiger partial charge is 0.335 e. The summed E-state index contributed by atoms with van der Waals surface area (Å²) in [5.74, 6) is -3.35. The van der Waals surface area contributed by atoms with Gasteiger partial charge in [0.2, 0.25) is 0 Å². The van der Waals surface area contributed by atoms with Gasteiger partial charge in [0.25, 0.3) is 0 Å². The number of carboxylic acids is 1. The predicted molar refractivity (Wildman–Crippen MR) is 72.5 cm³/mol. The molecule has 0 radical (unpaired) electrons. The Morgan fingerprint density at radius 1 is 1.19 bits per heavy atom. The molecule has 0 spiro atoms. The van der Waals surface area contributed by atoms with Gasteiger partial charge >= 0.3 is 5.97 Å². The number of benzene rings is 2. The van der Waals surface area contributed by atoms with Crippen LogP contribution in [0.3, 0.4) is 0 Å². The SMILES string of the molecule is CN(c1ccc(C#N)cc1)c1c(F)cc(C(=O)O)cc1F. The maximum absolute atomic E-state index is 14.0. The van der Waals surface area contributed by atoms with E-state index in [1.807, 2.05) is 6.07 Å². The van der Waals surface area contributed by atoms with Crippen molar-refractivity contribution in [3.63, 3.8) is 0 Å². The molecule has 4 nitrogen and oxygen atoms in total. The largest absolute Gasteiger partial charge is 0.478 e. The summed E-state index contributed by atoms with van der Waals surface area (Å²) >= 11 is 0. The highest BCUT2D eigenvalue weighted by Crippen LogP contribution is 2.30. The summed E-state index contributed by atoms with van der Waals surface area (Å²) in [6.45, 7) is 0. The molecule has 21 heavy (non-hydrogen) atoms. The molecule has 6 heteroatoms. The van der Waals surface area contributed by atoms with E-state index in [9.17, 15) is 13.6 Å². The Balaban J connectivity index is 2.45. The first kappa shape index (κ1) is 14.5. The summed E-state index contributed by atoms with van der Waals surface area (Å²) in [4.78, 5) is 12.0.